The van der Waals surface area contributed by atoms with Crippen molar-refractivity contribution in [2.45, 2.75) is 26.3 Å². The van der Waals surface area contributed by atoms with Crippen molar-refractivity contribution in [1.29, 1.82) is 0 Å². The van der Waals surface area contributed by atoms with E-state index < -0.39 is 5.97 Å². The third kappa shape index (κ3) is 3.94. The van der Waals surface area contributed by atoms with Gasteiger partial charge in [-0.2, -0.15) is 4.98 Å². The Hall–Kier alpha value is -2.63. The number of hydrogen-bond acceptors (Lipinski definition) is 6. The van der Waals surface area contributed by atoms with Crippen molar-refractivity contribution in [2.75, 3.05) is 17.7 Å². The average Bonchev–Trinajstić information content (AvgIpc) is 2.55. The Morgan fingerprint density at radius 2 is 2.09 bits per heavy atom. The number of nitrogens with one attached hydrogen (secondary N) is 2. The van der Waals surface area contributed by atoms with E-state index >= 15 is 0 Å². The van der Waals surface area contributed by atoms with Crippen LogP contribution in [0.2, 0.25) is 0 Å². The molecule has 2 N–H and O–H groups in total. The van der Waals surface area contributed by atoms with Crippen molar-refractivity contribution < 1.29 is 9.53 Å². The molecular weight excluding hydrogens is 280 g/mol. The van der Waals surface area contributed by atoms with Crippen LogP contribution in [0.1, 0.15) is 30.6 Å². The van der Waals surface area contributed by atoms with E-state index in [2.05, 4.69) is 34.4 Å². The molecular formula is C16H20N4O2. The van der Waals surface area contributed by atoms with E-state index in [0.29, 0.717) is 23.0 Å². The summed E-state index contributed by atoms with van der Waals surface area (Å²) in [5, 5.41) is 6.34. The molecule has 2 rings (SSSR count). The van der Waals surface area contributed by atoms with E-state index in [9.17, 15) is 4.79 Å². The lowest BCUT2D eigenvalue weighted by Gasteiger charge is -2.13. The molecule has 116 valence electrons. The van der Waals surface area contributed by atoms with E-state index in [1.807, 2.05) is 6.07 Å². The average molecular weight is 300 g/mol. The number of hydrogen-bond donors (Lipinski definition) is 2. The highest BCUT2D eigenvalue weighted by Gasteiger charge is 2.11. The zero-order valence-corrected chi connectivity index (χ0v) is 13.0. The highest BCUT2D eigenvalue weighted by Crippen LogP contribution is 2.20. The van der Waals surface area contributed by atoms with Gasteiger partial charge in [-0.15, -0.1) is 0 Å². The van der Waals surface area contributed by atoms with Crippen molar-refractivity contribution >= 4 is 23.4 Å². The van der Waals surface area contributed by atoms with Crippen molar-refractivity contribution in [3.63, 3.8) is 0 Å². The molecule has 1 unspecified atom stereocenters. The summed E-state index contributed by atoms with van der Waals surface area (Å²) in [4.78, 5) is 20.4. The molecule has 2 aromatic rings. The Morgan fingerprint density at radius 1 is 1.32 bits per heavy atom. The number of ether oxygens (including phenoxy) is 1. The van der Waals surface area contributed by atoms with Crippen LogP contribution in [0.25, 0.3) is 0 Å². The molecule has 1 heterocycles. The summed E-state index contributed by atoms with van der Waals surface area (Å²) < 4.78 is 4.78. The Bertz CT molecular complexity index is 646. The fourth-order valence-electron chi connectivity index (χ4n) is 1.84. The van der Waals surface area contributed by atoms with Gasteiger partial charge in [0.1, 0.15) is 5.82 Å². The first kappa shape index (κ1) is 15.8. The van der Waals surface area contributed by atoms with Gasteiger partial charge in [0.15, 0.2) is 0 Å². The van der Waals surface area contributed by atoms with E-state index in [0.717, 1.165) is 6.42 Å². The molecule has 22 heavy (non-hydrogen) atoms. The molecule has 0 aliphatic carbocycles. The summed E-state index contributed by atoms with van der Waals surface area (Å²) in [6.07, 6.45) is 2.65. The van der Waals surface area contributed by atoms with Crippen LogP contribution in [0.5, 0.6) is 0 Å². The monoisotopic (exact) mass is 300 g/mol. The third-order valence-electron chi connectivity index (χ3n) is 3.24. The van der Waals surface area contributed by atoms with Crippen molar-refractivity contribution in [3.8, 4) is 0 Å². The quantitative estimate of drug-likeness (QED) is 0.798. The number of methoxy groups -OCH3 is 1. The molecule has 0 aliphatic heterocycles. The Morgan fingerprint density at radius 3 is 2.82 bits per heavy atom. The zero-order valence-electron chi connectivity index (χ0n) is 13.0. The maximum absolute atomic E-state index is 11.8. The molecule has 1 atom stereocenters. The molecule has 0 amide bonds. The SMILES string of the molecule is CCC(C)Nc1nccc(Nc2ccccc2C(=O)OC)n1. The van der Waals surface area contributed by atoms with Gasteiger partial charge in [0.2, 0.25) is 5.95 Å². The molecule has 0 fully saturated rings. The second-order valence-electron chi connectivity index (χ2n) is 4.88. The smallest absolute Gasteiger partial charge is 0.339 e. The van der Waals surface area contributed by atoms with Gasteiger partial charge in [-0.05, 0) is 31.5 Å². The van der Waals surface area contributed by atoms with E-state index in [1.54, 1.807) is 30.5 Å². The van der Waals surface area contributed by atoms with Gasteiger partial charge >= 0.3 is 5.97 Å². The number of anilines is 3. The van der Waals surface area contributed by atoms with Crippen LogP contribution in [0.3, 0.4) is 0 Å². The molecule has 0 bridgehead atoms. The van der Waals surface area contributed by atoms with Gasteiger partial charge in [-0.3, -0.25) is 0 Å². The molecule has 0 spiro atoms. The number of para-hydroxylation sites is 1. The number of rotatable bonds is 6. The van der Waals surface area contributed by atoms with E-state index in [-0.39, 0.29) is 6.04 Å². The predicted octanol–water partition coefficient (Wildman–Crippen LogP) is 3.22. The van der Waals surface area contributed by atoms with Gasteiger partial charge in [0.25, 0.3) is 0 Å². The lowest BCUT2D eigenvalue weighted by Crippen LogP contribution is -2.16. The van der Waals surface area contributed by atoms with Crippen molar-refractivity contribution in [3.05, 3.63) is 42.1 Å². The van der Waals surface area contributed by atoms with E-state index in [4.69, 9.17) is 4.74 Å². The second-order valence-corrected chi connectivity index (χ2v) is 4.88. The number of aromatic nitrogens is 2. The number of esters is 1. The highest BCUT2D eigenvalue weighted by atomic mass is 16.5. The molecule has 0 aliphatic rings. The Balaban J connectivity index is 2.21. The largest absolute Gasteiger partial charge is 0.465 e. The Labute approximate surface area is 129 Å². The van der Waals surface area contributed by atoms with Crippen LogP contribution >= 0.6 is 0 Å². The molecule has 6 heteroatoms. The van der Waals surface area contributed by atoms with Crippen molar-refractivity contribution in [1.82, 2.24) is 9.97 Å². The predicted molar refractivity (Wildman–Crippen MR) is 86.5 cm³/mol. The van der Waals surface area contributed by atoms with Gasteiger partial charge in [0.05, 0.1) is 18.4 Å². The number of carbonyl (C=O) groups excluding carboxylic acids is 1. The number of carbonyl (C=O) groups is 1. The number of nitrogens with zero attached hydrogens (tertiary/aromatic N) is 2. The molecule has 1 aromatic carbocycles. The lowest BCUT2D eigenvalue weighted by molar-refractivity contribution is 0.0602. The normalized spacial score (nSPS) is 11.6. The van der Waals surface area contributed by atoms with Crippen LogP contribution in [0.15, 0.2) is 36.5 Å². The van der Waals surface area contributed by atoms with Crippen LogP contribution in [0.4, 0.5) is 17.5 Å². The molecule has 6 nitrogen and oxygen atoms in total. The molecule has 0 saturated carbocycles. The standard InChI is InChI=1S/C16H20N4O2/c1-4-11(2)18-16-17-10-9-14(20-16)19-13-8-6-5-7-12(13)15(21)22-3/h5-11H,4H2,1-3H3,(H2,17,18,19,20). The minimum absolute atomic E-state index is 0.289. The van der Waals surface area contributed by atoms with E-state index in [1.165, 1.54) is 7.11 Å². The van der Waals surface area contributed by atoms with Crippen LogP contribution in [-0.4, -0.2) is 29.1 Å². The van der Waals surface area contributed by atoms with Crippen LogP contribution in [-0.2, 0) is 4.74 Å². The summed E-state index contributed by atoms with van der Waals surface area (Å²) in [6.45, 7) is 4.16. The van der Waals surface area contributed by atoms with Gasteiger partial charge in [0, 0.05) is 12.2 Å². The molecule has 1 aromatic heterocycles. The van der Waals surface area contributed by atoms with Crippen LogP contribution in [0, 0.1) is 0 Å². The topological polar surface area (TPSA) is 76.1 Å². The minimum atomic E-state index is -0.393. The maximum Gasteiger partial charge on any atom is 0.339 e. The minimum Gasteiger partial charge on any atom is -0.465 e. The molecule has 0 radical (unpaired) electrons. The van der Waals surface area contributed by atoms with Gasteiger partial charge < -0.3 is 15.4 Å². The third-order valence-corrected chi connectivity index (χ3v) is 3.24. The highest BCUT2D eigenvalue weighted by molar-refractivity contribution is 5.96. The lowest BCUT2D eigenvalue weighted by atomic mass is 10.2. The fraction of sp³-hybridized carbons (Fsp3) is 0.312. The first-order valence-electron chi connectivity index (χ1n) is 7.18. The molecule has 0 saturated heterocycles. The first-order chi connectivity index (χ1) is 10.6. The first-order valence-corrected chi connectivity index (χ1v) is 7.18. The zero-order chi connectivity index (χ0) is 15.9. The van der Waals surface area contributed by atoms with Gasteiger partial charge in [-0.1, -0.05) is 19.1 Å². The Kier molecular flexibility index (Phi) is 5.30. The number of benzene rings is 1. The maximum atomic E-state index is 11.8. The summed E-state index contributed by atoms with van der Waals surface area (Å²) >= 11 is 0. The summed E-state index contributed by atoms with van der Waals surface area (Å²) in [6, 6.07) is 9.17. The van der Waals surface area contributed by atoms with Crippen LogP contribution < -0.4 is 10.6 Å². The van der Waals surface area contributed by atoms with Crippen molar-refractivity contribution in [2.24, 2.45) is 0 Å². The fourth-order valence-corrected chi connectivity index (χ4v) is 1.84. The summed E-state index contributed by atoms with van der Waals surface area (Å²) in [5.74, 6) is 0.766. The second kappa shape index (κ2) is 7.40. The summed E-state index contributed by atoms with van der Waals surface area (Å²) in [7, 11) is 1.36. The van der Waals surface area contributed by atoms with Gasteiger partial charge in [-0.25, -0.2) is 9.78 Å². The summed E-state index contributed by atoms with van der Waals surface area (Å²) in [5.41, 5.74) is 1.10.